The lowest BCUT2D eigenvalue weighted by molar-refractivity contribution is -0.151. The minimum Gasteiger partial charge on any atom is -0.462 e. The minimum atomic E-state index is -0.790. The Balaban J connectivity index is 4.58. The van der Waals surface area contributed by atoms with Crippen LogP contribution in [-0.2, 0) is 14.3 Å². The van der Waals surface area contributed by atoms with E-state index in [1.165, 1.54) is 154 Å². The summed E-state index contributed by atoms with van der Waals surface area (Å²) in [7, 11) is 0. The molecule has 1 amide bonds. The standard InChI is InChI=1S/C57H105NO5/c1-4-7-10-13-16-19-21-23-25-27-29-31-33-35-38-41-44-47-50-57(62)63-53(48-45-42-39-37-34-32-30-28-26-24-22-20-17-14-11-8-5-2)51-56(61)58-54(52-59)55(60)49-46-43-40-36-18-15-12-9-6-3/h16,19,21,23,25,27,29,31,53-55,59-60H,4-15,17-18,20,22,24,26,28,30,32-52H2,1-3H3,(H,58,61)/b19-16+,23-21+,27-25+,31-29+. The van der Waals surface area contributed by atoms with Crippen LogP contribution in [-0.4, -0.2) is 46.9 Å². The molecule has 63 heavy (non-hydrogen) atoms. The van der Waals surface area contributed by atoms with Crippen LogP contribution in [0.25, 0.3) is 0 Å². The van der Waals surface area contributed by atoms with Crippen LogP contribution >= 0.6 is 0 Å². The van der Waals surface area contributed by atoms with Gasteiger partial charge < -0.3 is 20.3 Å². The van der Waals surface area contributed by atoms with Crippen molar-refractivity contribution in [3.63, 3.8) is 0 Å². The fourth-order valence-corrected chi connectivity index (χ4v) is 8.33. The summed E-state index contributed by atoms with van der Waals surface area (Å²) in [4.78, 5) is 26.2. The number of ether oxygens (including phenoxy) is 1. The Morgan fingerprint density at radius 2 is 0.810 bits per heavy atom. The van der Waals surface area contributed by atoms with Gasteiger partial charge in [-0.3, -0.25) is 9.59 Å². The monoisotopic (exact) mass is 884 g/mol. The highest BCUT2D eigenvalue weighted by atomic mass is 16.5. The van der Waals surface area contributed by atoms with Crippen molar-refractivity contribution in [2.45, 2.75) is 296 Å². The van der Waals surface area contributed by atoms with Crippen molar-refractivity contribution in [3.8, 4) is 0 Å². The molecule has 6 nitrogen and oxygen atoms in total. The number of nitrogens with one attached hydrogen (secondary N) is 1. The third-order valence-electron chi connectivity index (χ3n) is 12.5. The number of amides is 1. The van der Waals surface area contributed by atoms with E-state index >= 15 is 0 Å². The molecule has 0 aromatic carbocycles. The topological polar surface area (TPSA) is 95.9 Å². The molecule has 3 unspecified atom stereocenters. The van der Waals surface area contributed by atoms with Crippen molar-refractivity contribution in [2.75, 3.05) is 6.61 Å². The zero-order valence-electron chi connectivity index (χ0n) is 42.0. The Hall–Kier alpha value is -2.18. The number of carbonyl (C=O) groups excluding carboxylic acids is 2. The molecular formula is C57H105NO5. The first-order chi connectivity index (χ1) is 31.0. The van der Waals surface area contributed by atoms with E-state index in [1.807, 2.05) is 0 Å². The lowest BCUT2D eigenvalue weighted by atomic mass is 10.0. The van der Waals surface area contributed by atoms with Gasteiger partial charge in [-0.25, -0.2) is 0 Å². The van der Waals surface area contributed by atoms with Crippen LogP contribution in [0.1, 0.15) is 278 Å². The number of carbonyl (C=O) groups is 2. The Morgan fingerprint density at radius 3 is 1.25 bits per heavy atom. The van der Waals surface area contributed by atoms with Crippen molar-refractivity contribution in [1.82, 2.24) is 5.32 Å². The van der Waals surface area contributed by atoms with Crippen LogP contribution in [0.3, 0.4) is 0 Å². The van der Waals surface area contributed by atoms with E-state index in [0.29, 0.717) is 19.3 Å². The molecule has 0 rings (SSSR count). The zero-order valence-corrected chi connectivity index (χ0v) is 42.0. The summed E-state index contributed by atoms with van der Waals surface area (Å²) in [6.07, 6.45) is 61.7. The number of hydrogen-bond acceptors (Lipinski definition) is 5. The largest absolute Gasteiger partial charge is 0.462 e. The predicted octanol–water partition coefficient (Wildman–Crippen LogP) is 16.6. The molecule has 0 aliphatic heterocycles. The second kappa shape index (κ2) is 50.8. The maximum absolute atomic E-state index is 13.2. The van der Waals surface area contributed by atoms with Gasteiger partial charge in [0.2, 0.25) is 5.91 Å². The summed E-state index contributed by atoms with van der Waals surface area (Å²) in [5.41, 5.74) is 0. The van der Waals surface area contributed by atoms with Gasteiger partial charge in [-0.2, -0.15) is 0 Å². The summed E-state index contributed by atoms with van der Waals surface area (Å²) in [6.45, 7) is 6.44. The highest BCUT2D eigenvalue weighted by Crippen LogP contribution is 2.18. The molecule has 6 heteroatoms. The van der Waals surface area contributed by atoms with E-state index in [4.69, 9.17) is 4.74 Å². The maximum Gasteiger partial charge on any atom is 0.306 e. The van der Waals surface area contributed by atoms with Gasteiger partial charge in [-0.1, -0.05) is 262 Å². The van der Waals surface area contributed by atoms with Crippen LogP contribution < -0.4 is 5.32 Å². The van der Waals surface area contributed by atoms with E-state index in [9.17, 15) is 19.8 Å². The Kier molecular flexibility index (Phi) is 49.1. The van der Waals surface area contributed by atoms with Crippen LogP contribution in [0.4, 0.5) is 0 Å². The van der Waals surface area contributed by atoms with Crippen molar-refractivity contribution in [1.29, 1.82) is 0 Å². The minimum absolute atomic E-state index is 0.0705. The molecule has 0 radical (unpaired) electrons. The summed E-state index contributed by atoms with van der Waals surface area (Å²) < 4.78 is 5.94. The van der Waals surface area contributed by atoms with Crippen LogP contribution in [0.5, 0.6) is 0 Å². The number of aliphatic hydroxyl groups excluding tert-OH is 2. The van der Waals surface area contributed by atoms with Crippen molar-refractivity contribution < 1.29 is 24.5 Å². The maximum atomic E-state index is 13.2. The molecule has 0 saturated heterocycles. The van der Waals surface area contributed by atoms with Crippen LogP contribution in [0.15, 0.2) is 48.6 Å². The van der Waals surface area contributed by atoms with E-state index in [2.05, 4.69) is 74.7 Å². The van der Waals surface area contributed by atoms with Gasteiger partial charge in [-0.15, -0.1) is 0 Å². The van der Waals surface area contributed by atoms with Crippen molar-refractivity contribution in [3.05, 3.63) is 48.6 Å². The first kappa shape index (κ1) is 60.8. The number of rotatable bonds is 49. The van der Waals surface area contributed by atoms with Gasteiger partial charge in [-0.05, 0) is 51.4 Å². The quantitative estimate of drug-likeness (QED) is 0.0321. The molecule has 368 valence electrons. The zero-order chi connectivity index (χ0) is 45.9. The van der Waals surface area contributed by atoms with Crippen LogP contribution in [0, 0.1) is 0 Å². The second-order valence-corrected chi connectivity index (χ2v) is 18.7. The predicted molar refractivity (Wildman–Crippen MR) is 273 cm³/mol. The molecule has 3 N–H and O–H groups in total. The van der Waals surface area contributed by atoms with Gasteiger partial charge in [0.15, 0.2) is 0 Å². The smallest absolute Gasteiger partial charge is 0.306 e. The van der Waals surface area contributed by atoms with Gasteiger partial charge in [0.05, 0.1) is 25.2 Å². The molecule has 0 aromatic rings. The summed E-state index contributed by atoms with van der Waals surface area (Å²) in [5.74, 6) is -0.490. The van der Waals surface area contributed by atoms with Gasteiger partial charge in [0, 0.05) is 6.42 Å². The Morgan fingerprint density at radius 1 is 0.460 bits per heavy atom. The Bertz CT molecular complexity index is 1080. The first-order valence-corrected chi connectivity index (χ1v) is 27.4. The molecule has 0 saturated carbocycles. The SMILES string of the molecule is CCCCC/C=C/C=C/C=C/C=C/CCCCCCCC(=O)OC(CCCCCCCCCCCCCCCCCCC)CC(=O)NC(CO)C(O)CCCCCCCCCCC. The number of hydrogen-bond donors (Lipinski definition) is 3. The fraction of sp³-hybridized carbons (Fsp3) is 0.825. The number of unbranched alkanes of at least 4 members (excludes halogenated alkanes) is 32. The van der Waals surface area contributed by atoms with E-state index in [1.54, 1.807) is 0 Å². The summed E-state index contributed by atoms with van der Waals surface area (Å²) in [6, 6.07) is -0.704. The first-order valence-electron chi connectivity index (χ1n) is 27.4. The molecule has 0 aliphatic carbocycles. The second-order valence-electron chi connectivity index (χ2n) is 18.7. The van der Waals surface area contributed by atoms with E-state index in [0.717, 1.165) is 77.0 Å². The van der Waals surface area contributed by atoms with Crippen LogP contribution in [0.2, 0.25) is 0 Å². The average Bonchev–Trinajstić information content (AvgIpc) is 3.28. The highest BCUT2D eigenvalue weighted by Gasteiger charge is 2.24. The third kappa shape index (κ3) is 46.2. The van der Waals surface area contributed by atoms with Crippen molar-refractivity contribution in [2.24, 2.45) is 0 Å². The number of allylic oxidation sites excluding steroid dienone is 8. The van der Waals surface area contributed by atoms with Crippen molar-refractivity contribution >= 4 is 11.9 Å². The molecular weight excluding hydrogens is 779 g/mol. The van der Waals surface area contributed by atoms with E-state index < -0.39 is 18.2 Å². The molecule has 0 heterocycles. The average molecular weight is 884 g/mol. The van der Waals surface area contributed by atoms with E-state index in [-0.39, 0.29) is 24.9 Å². The molecule has 0 bridgehead atoms. The van der Waals surface area contributed by atoms with Gasteiger partial charge in [0.1, 0.15) is 6.10 Å². The molecule has 0 fully saturated rings. The molecule has 0 spiro atoms. The molecule has 3 atom stereocenters. The van der Waals surface area contributed by atoms with Gasteiger partial charge >= 0.3 is 5.97 Å². The fourth-order valence-electron chi connectivity index (χ4n) is 8.33. The highest BCUT2D eigenvalue weighted by molar-refractivity contribution is 5.77. The molecule has 0 aliphatic rings. The number of esters is 1. The Labute approximate surface area is 391 Å². The summed E-state index contributed by atoms with van der Waals surface area (Å²) >= 11 is 0. The number of aliphatic hydroxyl groups is 2. The summed E-state index contributed by atoms with van der Waals surface area (Å²) in [5, 5.41) is 23.7. The third-order valence-corrected chi connectivity index (χ3v) is 12.5. The normalized spacial score (nSPS) is 13.5. The van der Waals surface area contributed by atoms with Gasteiger partial charge in [0.25, 0.3) is 0 Å². The molecule has 0 aromatic heterocycles. The lowest BCUT2D eigenvalue weighted by Gasteiger charge is -2.24. The lowest BCUT2D eigenvalue weighted by Crippen LogP contribution is -2.46.